The summed E-state index contributed by atoms with van der Waals surface area (Å²) < 4.78 is 22.3. The third-order valence-electron chi connectivity index (χ3n) is 5.76. The molecule has 2 aliphatic rings. The summed E-state index contributed by atoms with van der Waals surface area (Å²) in [5.74, 6) is 2.76. The lowest BCUT2D eigenvalue weighted by Gasteiger charge is -2.47. The topological polar surface area (TPSA) is 57.2 Å². The minimum absolute atomic E-state index is 0.0453. The van der Waals surface area contributed by atoms with E-state index in [-0.39, 0.29) is 18.7 Å². The fourth-order valence-electron chi connectivity index (χ4n) is 4.03. The molecule has 3 aromatic carbocycles. The number of carbonyl (C=O) groups excluding carboxylic acids is 1. The van der Waals surface area contributed by atoms with Crippen molar-refractivity contribution >= 4 is 17.5 Å². The first-order valence-corrected chi connectivity index (χ1v) is 10.8. The van der Waals surface area contributed by atoms with Crippen molar-refractivity contribution in [1.29, 1.82) is 0 Å². The Hall–Kier alpha value is -3.38. The molecular weight excluding hydrogens is 430 g/mol. The van der Waals surface area contributed by atoms with Gasteiger partial charge in [0.25, 0.3) is 5.91 Å². The van der Waals surface area contributed by atoms with Crippen LogP contribution in [0.4, 0.5) is 0 Å². The van der Waals surface area contributed by atoms with Crippen molar-refractivity contribution in [2.45, 2.75) is 18.6 Å². The monoisotopic (exact) mass is 451 g/mol. The van der Waals surface area contributed by atoms with Crippen LogP contribution in [-0.2, 0) is 11.2 Å². The molecule has 0 N–H and O–H groups in total. The van der Waals surface area contributed by atoms with Gasteiger partial charge >= 0.3 is 0 Å². The highest BCUT2D eigenvalue weighted by atomic mass is 35.5. The van der Waals surface area contributed by atoms with E-state index in [0.717, 1.165) is 23.3 Å². The Bertz CT molecular complexity index is 1120. The largest absolute Gasteiger partial charge is 0.497 e. The highest BCUT2D eigenvalue weighted by Gasteiger charge is 2.50. The molecule has 7 heteroatoms. The predicted molar refractivity (Wildman–Crippen MR) is 120 cm³/mol. The summed E-state index contributed by atoms with van der Waals surface area (Å²) in [4.78, 5) is 14.9. The van der Waals surface area contributed by atoms with Crippen LogP contribution in [0.15, 0.2) is 66.7 Å². The molecule has 5 rings (SSSR count). The van der Waals surface area contributed by atoms with E-state index in [0.29, 0.717) is 28.8 Å². The van der Waals surface area contributed by atoms with E-state index in [1.54, 1.807) is 31.4 Å². The molecule has 3 aromatic rings. The van der Waals surface area contributed by atoms with E-state index in [9.17, 15) is 4.79 Å². The van der Waals surface area contributed by atoms with Gasteiger partial charge in [0.15, 0.2) is 11.5 Å². The third-order valence-corrected chi connectivity index (χ3v) is 6.02. The quantitative estimate of drug-likeness (QED) is 0.489. The van der Waals surface area contributed by atoms with Crippen molar-refractivity contribution in [3.8, 4) is 23.0 Å². The predicted octanol–water partition coefficient (Wildman–Crippen LogP) is 4.65. The highest BCUT2D eigenvalue weighted by molar-refractivity contribution is 6.30. The number of β-lactam (4-membered cyclic amide) rings is 1. The zero-order valence-corrected chi connectivity index (χ0v) is 18.2. The van der Waals surface area contributed by atoms with E-state index >= 15 is 0 Å². The number of hydrogen-bond donors (Lipinski definition) is 0. The third kappa shape index (κ3) is 3.94. The molecule has 0 aliphatic carbocycles. The minimum atomic E-state index is -0.618. The van der Waals surface area contributed by atoms with E-state index < -0.39 is 6.10 Å². The lowest BCUT2D eigenvalue weighted by Crippen LogP contribution is -2.61. The van der Waals surface area contributed by atoms with Gasteiger partial charge in [-0.05, 0) is 66.1 Å². The van der Waals surface area contributed by atoms with Gasteiger partial charge in [0.05, 0.1) is 7.11 Å². The molecule has 1 amide bonds. The number of amides is 1. The minimum Gasteiger partial charge on any atom is -0.497 e. The number of fused-ring (bicyclic) bond motifs is 1. The molecule has 0 saturated carbocycles. The van der Waals surface area contributed by atoms with Crippen molar-refractivity contribution in [2.24, 2.45) is 0 Å². The van der Waals surface area contributed by atoms with Crippen LogP contribution >= 0.6 is 11.6 Å². The standard InChI is InChI=1S/C25H22ClNO5/c1-29-19-7-2-16(3-8-19)12-13-27-23(17-4-11-21-22(14-17)31-15-30-21)24(25(27)28)32-20-9-5-18(26)6-10-20/h2-11,14,23-24H,12-13,15H2,1H3/t23-,24+/m1/s1. The number of methoxy groups -OCH3 is 1. The first kappa shape index (κ1) is 20.5. The van der Waals surface area contributed by atoms with Crippen LogP contribution in [0, 0.1) is 0 Å². The van der Waals surface area contributed by atoms with Crippen molar-refractivity contribution in [2.75, 3.05) is 20.4 Å². The van der Waals surface area contributed by atoms with Crippen LogP contribution in [0.25, 0.3) is 0 Å². The molecule has 0 unspecified atom stereocenters. The van der Waals surface area contributed by atoms with Crippen molar-refractivity contribution in [3.05, 3.63) is 82.9 Å². The van der Waals surface area contributed by atoms with E-state index in [1.807, 2.05) is 47.4 Å². The molecule has 164 valence electrons. The SMILES string of the molecule is COc1ccc(CCN2C(=O)[C@@H](Oc3ccc(Cl)cc3)[C@H]2c2ccc3c(c2)OCO3)cc1. The summed E-state index contributed by atoms with van der Waals surface area (Å²) in [5.41, 5.74) is 2.08. The molecule has 1 fully saturated rings. The fourth-order valence-corrected chi connectivity index (χ4v) is 4.16. The number of hydrogen-bond acceptors (Lipinski definition) is 5. The maximum Gasteiger partial charge on any atom is 0.266 e. The summed E-state index contributed by atoms with van der Waals surface area (Å²) in [5, 5.41) is 0.616. The zero-order valence-electron chi connectivity index (χ0n) is 17.5. The van der Waals surface area contributed by atoms with Gasteiger partial charge in [-0.3, -0.25) is 4.79 Å². The summed E-state index contributed by atoms with van der Waals surface area (Å²) >= 11 is 5.98. The Morgan fingerprint density at radius 2 is 1.69 bits per heavy atom. The molecule has 6 nitrogen and oxygen atoms in total. The highest BCUT2D eigenvalue weighted by Crippen LogP contribution is 2.42. The number of nitrogens with zero attached hydrogens (tertiary/aromatic N) is 1. The number of ether oxygens (including phenoxy) is 4. The lowest BCUT2D eigenvalue weighted by atomic mass is 9.89. The van der Waals surface area contributed by atoms with Crippen LogP contribution in [0.3, 0.4) is 0 Å². The van der Waals surface area contributed by atoms with Gasteiger partial charge in [-0.15, -0.1) is 0 Å². The fraction of sp³-hybridized carbons (Fsp3) is 0.240. The van der Waals surface area contributed by atoms with E-state index in [2.05, 4.69) is 0 Å². The summed E-state index contributed by atoms with van der Waals surface area (Å²) in [7, 11) is 1.64. The normalized spacial score (nSPS) is 18.9. The molecule has 0 bridgehead atoms. The molecule has 0 aromatic heterocycles. The van der Waals surface area contributed by atoms with Crippen LogP contribution in [0.2, 0.25) is 5.02 Å². The van der Waals surface area contributed by atoms with Crippen LogP contribution < -0.4 is 18.9 Å². The Morgan fingerprint density at radius 1 is 0.969 bits per heavy atom. The number of rotatable bonds is 7. The van der Waals surface area contributed by atoms with E-state index in [1.165, 1.54) is 0 Å². The lowest BCUT2D eigenvalue weighted by molar-refractivity contribution is -0.164. The smallest absolute Gasteiger partial charge is 0.266 e. The summed E-state index contributed by atoms with van der Waals surface area (Å²) in [6.45, 7) is 0.777. The second-order valence-electron chi connectivity index (χ2n) is 7.68. The summed E-state index contributed by atoms with van der Waals surface area (Å²) in [6.07, 6.45) is 0.109. The van der Waals surface area contributed by atoms with Gasteiger partial charge in [-0.2, -0.15) is 0 Å². The van der Waals surface area contributed by atoms with Gasteiger partial charge in [0.2, 0.25) is 12.9 Å². The van der Waals surface area contributed by atoms with Gasteiger partial charge < -0.3 is 23.8 Å². The van der Waals surface area contributed by atoms with Crippen molar-refractivity contribution in [3.63, 3.8) is 0 Å². The maximum atomic E-state index is 13.1. The molecule has 2 aliphatic heterocycles. The Morgan fingerprint density at radius 3 is 2.44 bits per heavy atom. The second-order valence-corrected chi connectivity index (χ2v) is 8.12. The molecule has 0 spiro atoms. The Labute approximate surface area is 191 Å². The first-order valence-electron chi connectivity index (χ1n) is 10.4. The average Bonchev–Trinajstić information content (AvgIpc) is 3.29. The van der Waals surface area contributed by atoms with E-state index in [4.69, 9.17) is 30.5 Å². The number of carbonyl (C=O) groups is 1. The van der Waals surface area contributed by atoms with Gasteiger partial charge in [0, 0.05) is 11.6 Å². The number of likely N-dealkylation sites (tertiary alicyclic amines) is 1. The van der Waals surface area contributed by atoms with Crippen molar-refractivity contribution < 1.29 is 23.7 Å². The van der Waals surface area contributed by atoms with Gasteiger partial charge in [-0.1, -0.05) is 29.8 Å². The maximum absolute atomic E-state index is 13.1. The van der Waals surface area contributed by atoms with Gasteiger partial charge in [0.1, 0.15) is 17.5 Å². The molecular formula is C25H22ClNO5. The molecule has 2 heterocycles. The van der Waals surface area contributed by atoms with Crippen LogP contribution in [-0.4, -0.2) is 37.4 Å². The second kappa shape index (κ2) is 8.63. The zero-order chi connectivity index (χ0) is 22.1. The van der Waals surface area contributed by atoms with Gasteiger partial charge in [-0.25, -0.2) is 0 Å². The van der Waals surface area contributed by atoms with Crippen LogP contribution in [0.1, 0.15) is 17.2 Å². The Balaban J connectivity index is 1.37. The summed E-state index contributed by atoms with van der Waals surface area (Å²) in [6, 6.07) is 20.5. The van der Waals surface area contributed by atoms with Crippen LogP contribution in [0.5, 0.6) is 23.0 Å². The van der Waals surface area contributed by atoms with Crippen molar-refractivity contribution in [1.82, 2.24) is 4.90 Å². The molecule has 0 radical (unpaired) electrons. The molecule has 2 atom stereocenters. The number of benzene rings is 3. The first-order chi connectivity index (χ1) is 15.6. The molecule has 1 saturated heterocycles. The number of halogens is 1. The molecule has 32 heavy (non-hydrogen) atoms. The average molecular weight is 452 g/mol. The Kier molecular flexibility index (Phi) is 5.53.